The van der Waals surface area contributed by atoms with E-state index in [1.807, 2.05) is 47.2 Å². The molecule has 3 fully saturated rings. The number of hydrogen-bond donors (Lipinski definition) is 0. The maximum Gasteiger partial charge on any atom is 0.264 e. The zero-order valence-electron chi connectivity index (χ0n) is 27.8. The molecule has 48 heavy (non-hydrogen) atoms. The standard InChI is InChI=1S/C39H45FN4O4/c1-3-36-41-37(18-21-44(36)26(2)27-14-15-27)48-35-23-34-30(22-32(35)40)16-17-33(47-34)39(46)43(25-38(45)42-19-7-8-20-42)24-31(29-12-9-13-29)28-10-5-4-6-11-28/h3-6,10-11,18,21-23,27,29,31,33H,2,7-9,12-17,19-20,24-25H2,1H3/b36-3-. The summed E-state index contributed by atoms with van der Waals surface area (Å²) >= 11 is 0. The van der Waals surface area contributed by atoms with Gasteiger partial charge in [-0.1, -0.05) is 43.3 Å². The SMILES string of the molecule is C=C(C1CC1)N1C=CC(Oc2cc3c(cc2F)CCC(C(=O)N(CC(=O)N2CCCC2)CC(c2ccccc2)C2CCC2)O3)=N/C1=C/C. The van der Waals surface area contributed by atoms with Crippen LogP contribution >= 0.6 is 0 Å². The van der Waals surface area contributed by atoms with Crippen molar-refractivity contribution < 1.29 is 23.5 Å². The van der Waals surface area contributed by atoms with Crippen LogP contribution in [0, 0.1) is 17.7 Å². The number of aryl methyl sites for hydroxylation is 1. The van der Waals surface area contributed by atoms with Crippen LogP contribution in [0.25, 0.3) is 0 Å². The molecule has 2 aromatic rings. The van der Waals surface area contributed by atoms with Gasteiger partial charge in [0, 0.05) is 49.6 Å². The van der Waals surface area contributed by atoms with Crippen LogP contribution in [0.3, 0.4) is 0 Å². The number of carbonyl (C=O) groups is 2. The Morgan fingerprint density at radius 2 is 1.88 bits per heavy atom. The summed E-state index contributed by atoms with van der Waals surface area (Å²) in [7, 11) is 0. The normalized spacial score (nSPS) is 22.0. The molecular formula is C39H45FN4O4. The lowest BCUT2D eigenvalue weighted by molar-refractivity contribution is -0.145. The maximum atomic E-state index is 15.3. The van der Waals surface area contributed by atoms with Crippen LogP contribution in [-0.4, -0.2) is 64.7 Å². The van der Waals surface area contributed by atoms with Crippen molar-refractivity contribution in [3.63, 3.8) is 0 Å². The van der Waals surface area contributed by atoms with E-state index in [-0.39, 0.29) is 35.9 Å². The molecule has 0 spiro atoms. The van der Waals surface area contributed by atoms with E-state index in [0.29, 0.717) is 48.4 Å². The summed E-state index contributed by atoms with van der Waals surface area (Å²) in [6, 6.07) is 13.3. The van der Waals surface area contributed by atoms with Crippen molar-refractivity contribution >= 4 is 17.7 Å². The van der Waals surface area contributed by atoms with Crippen LogP contribution in [0.1, 0.15) is 75.3 Å². The van der Waals surface area contributed by atoms with E-state index < -0.39 is 11.9 Å². The molecule has 2 saturated carbocycles. The summed E-state index contributed by atoms with van der Waals surface area (Å²) in [6.07, 6.45) is 13.2. The van der Waals surface area contributed by atoms with Gasteiger partial charge in [0.05, 0.1) is 6.54 Å². The number of ether oxygens (including phenoxy) is 2. The first-order valence-electron chi connectivity index (χ1n) is 17.6. The Balaban J connectivity index is 1.09. The van der Waals surface area contributed by atoms with Gasteiger partial charge in [-0.15, -0.1) is 0 Å². The Bertz CT molecular complexity index is 1640. The third-order valence-corrected chi connectivity index (χ3v) is 10.5. The summed E-state index contributed by atoms with van der Waals surface area (Å²) in [6.45, 7) is 8.07. The van der Waals surface area contributed by atoms with Crippen molar-refractivity contribution in [3.8, 4) is 11.5 Å². The molecular weight excluding hydrogens is 607 g/mol. The molecule has 1 saturated heterocycles. The second-order valence-electron chi connectivity index (χ2n) is 13.7. The van der Waals surface area contributed by atoms with Gasteiger partial charge in [0.1, 0.15) is 11.6 Å². The van der Waals surface area contributed by atoms with Gasteiger partial charge in [-0.25, -0.2) is 4.39 Å². The summed E-state index contributed by atoms with van der Waals surface area (Å²) < 4.78 is 27.6. The van der Waals surface area contributed by atoms with Crippen molar-refractivity contribution in [3.05, 3.63) is 95.9 Å². The second-order valence-corrected chi connectivity index (χ2v) is 13.7. The molecule has 2 atom stereocenters. The number of carbonyl (C=O) groups excluding carboxylic acids is 2. The molecule has 0 radical (unpaired) electrons. The van der Waals surface area contributed by atoms with Crippen molar-refractivity contribution in [1.82, 2.24) is 14.7 Å². The van der Waals surface area contributed by atoms with Crippen molar-refractivity contribution in [1.29, 1.82) is 0 Å². The molecule has 2 aliphatic carbocycles. The number of rotatable bonds is 10. The number of likely N-dealkylation sites (tertiary alicyclic amines) is 1. The van der Waals surface area contributed by atoms with E-state index in [1.165, 1.54) is 24.1 Å². The summed E-state index contributed by atoms with van der Waals surface area (Å²) in [5.41, 5.74) is 2.87. The fourth-order valence-electron chi connectivity index (χ4n) is 7.25. The highest BCUT2D eigenvalue weighted by atomic mass is 19.1. The monoisotopic (exact) mass is 652 g/mol. The first-order valence-corrected chi connectivity index (χ1v) is 17.6. The van der Waals surface area contributed by atoms with Crippen LogP contribution < -0.4 is 9.47 Å². The third kappa shape index (κ3) is 6.91. The molecule has 0 aromatic heterocycles. The molecule has 2 unspecified atom stereocenters. The summed E-state index contributed by atoms with van der Waals surface area (Å²) in [5, 5.41) is 0. The van der Waals surface area contributed by atoms with Gasteiger partial charge in [-0.05, 0) is 93.4 Å². The van der Waals surface area contributed by atoms with Crippen molar-refractivity contribution in [2.45, 2.75) is 76.7 Å². The predicted octanol–water partition coefficient (Wildman–Crippen LogP) is 6.95. The largest absolute Gasteiger partial charge is 0.480 e. The first kappa shape index (κ1) is 32.2. The zero-order chi connectivity index (χ0) is 33.2. The Morgan fingerprint density at radius 1 is 1.10 bits per heavy atom. The molecule has 7 rings (SSSR count). The zero-order valence-corrected chi connectivity index (χ0v) is 27.8. The topological polar surface area (TPSA) is 74.7 Å². The minimum absolute atomic E-state index is 0.0173. The van der Waals surface area contributed by atoms with Crippen LogP contribution in [0.5, 0.6) is 11.5 Å². The molecule has 3 aliphatic heterocycles. The second kappa shape index (κ2) is 14.0. The molecule has 3 heterocycles. The lowest BCUT2D eigenvalue weighted by atomic mass is 9.72. The lowest BCUT2D eigenvalue weighted by Crippen LogP contribution is -2.50. The maximum absolute atomic E-state index is 15.3. The average molecular weight is 653 g/mol. The van der Waals surface area contributed by atoms with Gasteiger partial charge < -0.3 is 24.2 Å². The fourth-order valence-corrected chi connectivity index (χ4v) is 7.25. The Labute approximate surface area is 282 Å². The summed E-state index contributed by atoms with van der Waals surface area (Å²) in [4.78, 5) is 37.9. The highest BCUT2D eigenvalue weighted by Gasteiger charge is 2.37. The van der Waals surface area contributed by atoms with Gasteiger partial charge in [-0.3, -0.25) is 9.59 Å². The van der Waals surface area contributed by atoms with Crippen LogP contribution in [-0.2, 0) is 16.0 Å². The third-order valence-electron chi connectivity index (χ3n) is 10.5. The first-order chi connectivity index (χ1) is 23.4. The van der Waals surface area contributed by atoms with Crippen molar-refractivity contribution in [2.24, 2.45) is 16.8 Å². The highest BCUT2D eigenvalue weighted by molar-refractivity contribution is 5.91. The van der Waals surface area contributed by atoms with Crippen LogP contribution in [0.2, 0.25) is 0 Å². The van der Waals surface area contributed by atoms with Crippen LogP contribution in [0.15, 0.2) is 83.9 Å². The van der Waals surface area contributed by atoms with Crippen LogP contribution in [0.4, 0.5) is 4.39 Å². The molecule has 5 aliphatic rings. The Hall–Kier alpha value is -4.40. The quantitative estimate of drug-likeness (QED) is 0.278. The van der Waals surface area contributed by atoms with E-state index in [0.717, 1.165) is 57.3 Å². The fraction of sp³-hybridized carbons (Fsp3) is 0.462. The van der Waals surface area contributed by atoms with E-state index in [9.17, 15) is 9.59 Å². The lowest BCUT2D eigenvalue weighted by Gasteiger charge is -2.39. The summed E-state index contributed by atoms with van der Waals surface area (Å²) in [5.74, 6) is 1.65. The van der Waals surface area contributed by atoms with Gasteiger partial charge in [0.2, 0.25) is 11.8 Å². The molecule has 8 nitrogen and oxygen atoms in total. The van der Waals surface area contributed by atoms with E-state index >= 15 is 4.39 Å². The van der Waals surface area contributed by atoms with Gasteiger partial charge in [0.15, 0.2) is 17.7 Å². The molecule has 2 amide bonds. The Morgan fingerprint density at radius 3 is 2.56 bits per heavy atom. The number of amides is 2. The number of benzene rings is 2. The van der Waals surface area contributed by atoms with Gasteiger partial charge in [-0.2, -0.15) is 4.99 Å². The number of hydrogen-bond acceptors (Lipinski definition) is 6. The number of fused-ring (bicyclic) bond motifs is 1. The molecule has 0 bridgehead atoms. The van der Waals surface area contributed by atoms with Crippen molar-refractivity contribution in [2.75, 3.05) is 26.2 Å². The minimum atomic E-state index is -0.788. The van der Waals surface area contributed by atoms with E-state index in [1.54, 1.807) is 11.0 Å². The molecule has 2 aromatic carbocycles. The average Bonchev–Trinajstić information content (AvgIpc) is 3.79. The van der Waals surface area contributed by atoms with E-state index in [2.05, 4.69) is 23.7 Å². The number of aliphatic imine (C=N–C) groups is 1. The van der Waals surface area contributed by atoms with Gasteiger partial charge >= 0.3 is 0 Å². The molecule has 252 valence electrons. The Kier molecular flexibility index (Phi) is 9.37. The molecule has 9 heteroatoms. The van der Waals surface area contributed by atoms with Gasteiger partial charge in [0.25, 0.3) is 5.91 Å². The minimum Gasteiger partial charge on any atom is -0.480 e. The number of halogens is 1. The number of allylic oxidation sites excluding steroid dienone is 2. The number of nitrogens with zero attached hydrogens (tertiary/aromatic N) is 4. The molecule has 0 N–H and O–H groups in total. The smallest absolute Gasteiger partial charge is 0.264 e. The predicted molar refractivity (Wildman–Crippen MR) is 183 cm³/mol. The van der Waals surface area contributed by atoms with E-state index in [4.69, 9.17) is 9.47 Å². The highest BCUT2D eigenvalue weighted by Crippen LogP contribution is 2.41.